The lowest BCUT2D eigenvalue weighted by Crippen LogP contribution is -2.21. The second kappa shape index (κ2) is 5.25. The SMILES string of the molecule is COc1cccc2cc(CNCC(C)C3CC3)oc12. The predicted octanol–water partition coefficient (Wildman–Crippen LogP) is 3.58. The molecule has 3 heteroatoms. The van der Waals surface area contributed by atoms with E-state index < -0.39 is 0 Å². The van der Waals surface area contributed by atoms with Crippen LogP contribution in [0.15, 0.2) is 28.7 Å². The fraction of sp³-hybridized carbons (Fsp3) is 0.500. The standard InChI is InChI=1S/C16H21NO2/c1-11(12-6-7-12)9-17-10-14-8-13-4-3-5-15(18-2)16(13)19-14/h3-5,8,11-12,17H,6-7,9-10H2,1-2H3. The molecule has 1 aromatic carbocycles. The normalized spacial score (nSPS) is 16.7. The molecule has 0 bridgehead atoms. The van der Waals surface area contributed by atoms with Crippen LogP contribution >= 0.6 is 0 Å². The van der Waals surface area contributed by atoms with Crippen LogP contribution in [0, 0.1) is 11.8 Å². The minimum Gasteiger partial charge on any atom is -0.493 e. The Morgan fingerprint density at radius 1 is 1.42 bits per heavy atom. The Kier molecular flexibility index (Phi) is 3.47. The first kappa shape index (κ1) is 12.5. The predicted molar refractivity (Wildman–Crippen MR) is 76.4 cm³/mol. The van der Waals surface area contributed by atoms with E-state index >= 15 is 0 Å². The van der Waals surface area contributed by atoms with Crippen LogP contribution in [0.5, 0.6) is 5.75 Å². The summed E-state index contributed by atoms with van der Waals surface area (Å²) in [5.74, 6) is 3.50. The van der Waals surface area contributed by atoms with Gasteiger partial charge in [0.05, 0.1) is 13.7 Å². The number of para-hydroxylation sites is 1. The number of hydrogen-bond acceptors (Lipinski definition) is 3. The van der Waals surface area contributed by atoms with Crippen molar-refractivity contribution in [2.45, 2.75) is 26.3 Å². The largest absolute Gasteiger partial charge is 0.493 e. The number of methoxy groups -OCH3 is 1. The van der Waals surface area contributed by atoms with E-state index in [0.717, 1.165) is 47.4 Å². The molecule has 0 saturated heterocycles. The molecule has 102 valence electrons. The van der Waals surface area contributed by atoms with Gasteiger partial charge in [0.25, 0.3) is 0 Å². The van der Waals surface area contributed by atoms with Crippen LogP contribution in [0.3, 0.4) is 0 Å². The van der Waals surface area contributed by atoms with E-state index in [4.69, 9.17) is 9.15 Å². The van der Waals surface area contributed by atoms with E-state index in [2.05, 4.69) is 24.4 Å². The number of fused-ring (bicyclic) bond motifs is 1. The van der Waals surface area contributed by atoms with Gasteiger partial charge in [-0.3, -0.25) is 0 Å². The second-order valence-electron chi connectivity index (χ2n) is 5.54. The molecule has 0 amide bonds. The summed E-state index contributed by atoms with van der Waals surface area (Å²) in [4.78, 5) is 0. The third-order valence-electron chi connectivity index (χ3n) is 3.97. The third kappa shape index (κ3) is 2.76. The zero-order valence-electron chi connectivity index (χ0n) is 11.6. The first-order valence-corrected chi connectivity index (χ1v) is 7.04. The van der Waals surface area contributed by atoms with E-state index in [9.17, 15) is 0 Å². The molecule has 0 aliphatic heterocycles. The van der Waals surface area contributed by atoms with E-state index in [1.807, 2.05) is 12.1 Å². The van der Waals surface area contributed by atoms with Gasteiger partial charge in [0.1, 0.15) is 5.76 Å². The Bertz CT molecular complexity index is 557. The molecule has 2 aromatic rings. The summed E-state index contributed by atoms with van der Waals surface area (Å²) in [5.41, 5.74) is 0.844. The van der Waals surface area contributed by atoms with Crippen LogP contribution in [0.4, 0.5) is 0 Å². The van der Waals surface area contributed by atoms with Crippen molar-refractivity contribution in [2.75, 3.05) is 13.7 Å². The molecule has 1 atom stereocenters. The Labute approximate surface area is 113 Å². The molecule has 0 spiro atoms. The molecule has 1 N–H and O–H groups in total. The lowest BCUT2D eigenvalue weighted by atomic mass is 10.1. The Morgan fingerprint density at radius 2 is 2.26 bits per heavy atom. The summed E-state index contributed by atoms with van der Waals surface area (Å²) in [7, 11) is 1.67. The average molecular weight is 259 g/mol. The van der Waals surface area contributed by atoms with Crippen molar-refractivity contribution in [2.24, 2.45) is 11.8 Å². The van der Waals surface area contributed by atoms with Gasteiger partial charge >= 0.3 is 0 Å². The summed E-state index contributed by atoms with van der Waals surface area (Å²) in [5, 5.41) is 4.59. The van der Waals surface area contributed by atoms with Gasteiger partial charge in [0, 0.05) is 5.39 Å². The highest BCUT2D eigenvalue weighted by molar-refractivity contribution is 5.83. The minimum absolute atomic E-state index is 0.777. The fourth-order valence-corrected chi connectivity index (χ4v) is 2.59. The van der Waals surface area contributed by atoms with Crippen LogP contribution in [-0.2, 0) is 6.54 Å². The van der Waals surface area contributed by atoms with Gasteiger partial charge in [0.15, 0.2) is 11.3 Å². The van der Waals surface area contributed by atoms with Gasteiger partial charge in [-0.2, -0.15) is 0 Å². The lowest BCUT2D eigenvalue weighted by molar-refractivity contribution is 0.403. The van der Waals surface area contributed by atoms with Gasteiger partial charge in [-0.25, -0.2) is 0 Å². The highest BCUT2D eigenvalue weighted by Crippen LogP contribution is 2.36. The molecule has 1 saturated carbocycles. The van der Waals surface area contributed by atoms with Crippen molar-refractivity contribution < 1.29 is 9.15 Å². The number of ether oxygens (including phenoxy) is 1. The smallest absolute Gasteiger partial charge is 0.176 e. The van der Waals surface area contributed by atoms with E-state index in [-0.39, 0.29) is 0 Å². The molecule has 3 rings (SSSR count). The number of furan rings is 1. The van der Waals surface area contributed by atoms with Crippen LogP contribution < -0.4 is 10.1 Å². The lowest BCUT2D eigenvalue weighted by Gasteiger charge is -2.09. The van der Waals surface area contributed by atoms with Gasteiger partial charge in [-0.05, 0) is 43.4 Å². The minimum atomic E-state index is 0.777. The maximum atomic E-state index is 5.86. The van der Waals surface area contributed by atoms with Crippen molar-refractivity contribution >= 4 is 11.0 Å². The molecular weight excluding hydrogens is 238 g/mol. The van der Waals surface area contributed by atoms with Gasteiger partial charge in [-0.15, -0.1) is 0 Å². The van der Waals surface area contributed by atoms with Crippen LogP contribution in [0.25, 0.3) is 11.0 Å². The van der Waals surface area contributed by atoms with E-state index in [1.54, 1.807) is 7.11 Å². The van der Waals surface area contributed by atoms with Crippen molar-refractivity contribution in [3.05, 3.63) is 30.0 Å². The fourth-order valence-electron chi connectivity index (χ4n) is 2.59. The highest BCUT2D eigenvalue weighted by atomic mass is 16.5. The molecule has 1 unspecified atom stereocenters. The maximum absolute atomic E-state index is 5.86. The van der Waals surface area contributed by atoms with E-state index in [0.29, 0.717) is 0 Å². The molecule has 1 aromatic heterocycles. The van der Waals surface area contributed by atoms with Crippen molar-refractivity contribution in [1.29, 1.82) is 0 Å². The van der Waals surface area contributed by atoms with Crippen LogP contribution in [0.2, 0.25) is 0 Å². The summed E-state index contributed by atoms with van der Waals surface area (Å²) in [6, 6.07) is 8.06. The first-order valence-electron chi connectivity index (χ1n) is 7.04. The van der Waals surface area contributed by atoms with E-state index in [1.165, 1.54) is 12.8 Å². The Balaban J connectivity index is 1.64. The third-order valence-corrected chi connectivity index (χ3v) is 3.97. The maximum Gasteiger partial charge on any atom is 0.176 e. The van der Waals surface area contributed by atoms with Crippen molar-refractivity contribution in [3.8, 4) is 5.75 Å². The molecule has 3 nitrogen and oxygen atoms in total. The quantitative estimate of drug-likeness (QED) is 0.861. The molecule has 1 aliphatic rings. The monoisotopic (exact) mass is 259 g/mol. The van der Waals surface area contributed by atoms with Crippen molar-refractivity contribution in [1.82, 2.24) is 5.32 Å². The summed E-state index contributed by atoms with van der Waals surface area (Å²) < 4.78 is 11.2. The Morgan fingerprint density at radius 3 is 3.00 bits per heavy atom. The number of benzene rings is 1. The summed E-state index contributed by atoms with van der Waals surface area (Å²) in [6.45, 7) is 4.18. The Hall–Kier alpha value is -1.48. The molecule has 1 aliphatic carbocycles. The summed E-state index contributed by atoms with van der Waals surface area (Å²) in [6.07, 6.45) is 2.81. The number of nitrogens with one attached hydrogen (secondary N) is 1. The van der Waals surface area contributed by atoms with Gasteiger partial charge in [-0.1, -0.05) is 19.1 Å². The summed E-state index contributed by atoms with van der Waals surface area (Å²) >= 11 is 0. The van der Waals surface area contributed by atoms with Gasteiger partial charge in [0.2, 0.25) is 0 Å². The molecule has 0 radical (unpaired) electrons. The second-order valence-corrected chi connectivity index (χ2v) is 5.54. The molecule has 1 heterocycles. The number of rotatable bonds is 6. The topological polar surface area (TPSA) is 34.4 Å². The molecule has 19 heavy (non-hydrogen) atoms. The molecular formula is C16H21NO2. The van der Waals surface area contributed by atoms with Crippen LogP contribution in [-0.4, -0.2) is 13.7 Å². The zero-order chi connectivity index (χ0) is 13.2. The number of hydrogen-bond donors (Lipinski definition) is 1. The highest BCUT2D eigenvalue weighted by Gasteiger charge is 2.27. The van der Waals surface area contributed by atoms with Crippen LogP contribution in [0.1, 0.15) is 25.5 Å². The zero-order valence-corrected chi connectivity index (χ0v) is 11.6. The average Bonchev–Trinajstić information content (AvgIpc) is 3.18. The van der Waals surface area contributed by atoms with Crippen molar-refractivity contribution in [3.63, 3.8) is 0 Å². The molecule has 1 fully saturated rings. The first-order chi connectivity index (χ1) is 9.28. The van der Waals surface area contributed by atoms with Gasteiger partial charge < -0.3 is 14.5 Å².